The molecule has 0 aromatic heterocycles. The summed E-state index contributed by atoms with van der Waals surface area (Å²) in [5.41, 5.74) is -0.954. The largest absolute Gasteiger partial charge is 0.416 e. The van der Waals surface area contributed by atoms with E-state index < -0.39 is 17.9 Å². The standard InChI is InChI=1S/C7H4BrF4/c8-5-1-4(7(10,11)12)2-6(9)3-5/h1-3,6H. The van der Waals surface area contributed by atoms with Crippen LogP contribution < -0.4 is 0 Å². The van der Waals surface area contributed by atoms with Gasteiger partial charge in [-0.15, -0.1) is 0 Å². The molecule has 1 aliphatic rings. The molecule has 0 nitrogen and oxygen atoms in total. The Morgan fingerprint density at radius 2 is 1.92 bits per heavy atom. The van der Waals surface area contributed by atoms with Crippen molar-refractivity contribution in [1.82, 2.24) is 0 Å². The van der Waals surface area contributed by atoms with Gasteiger partial charge in [0.1, 0.15) is 6.17 Å². The first-order valence-corrected chi connectivity index (χ1v) is 3.84. The SMILES string of the molecule is FC1[CH]C(Br)=CC(C(F)(F)F)=C1. The van der Waals surface area contributed by atoms with Crippen LogP contribution in [0.1, 0.15) is 0 Å². The fourth-order valence-corrected chi connectivity index (χ4v) is 1.29. The number of hydrogen-bond acceptors (Lipinski definition) is 0. The summed E-state index contributed by atoms with van der Waals surface area (Å²) in [5.74, 6) is 0. The van der Waals surface area contributed by atoms with E-state index in [2.05, 4.69) is 15.9 Å². The summed E-state index contributed by atoms with van der Waals surface area (Å²) in [6.45, 7) is 0. The van der Waals surface area contributed by atoms with Gasteiger partial charge in [0.2, 0.25) is 0 Å². The van der Waals surface area contributed by atoms with Crippen LogP contribution in [0, 0.1) is 6.42 Å². The molecular formula is C7H4BrF4. The van der Waals surface area contributed by atoms with Crippen LogP contribution in [0.15, 0.2) is 22.2 Å². The maximum atomic E-state index is 12.5. The lowest BCUT2D eigenvalue weighted by atomic mass is 10.1. The van der Waals surface area contributed by atoms with Crippen molar-refractivity contribution in [1.29, 1.82) is 0 Å². The summed E-state index contributed by atoms with van der Waals surface area (Å²) >= 11 is 2.79. The highest BCUT2D eigenvalue weighted by Crippen LogP contribution is 2.33. The third-order valence-electron chi connectivity index (χ3n) is 1.28. The molecule has 1 rings (SSSR count). The molecular weight excluding hydrogens is 240 g/mol. The summed E-state index contributed by atoms with van der Waals surface area (Å²) in [6.07, 6.45) is -3.71. The highest BCUT2D eigenvalue weighted by Gasteiger charge is 2.34. The second-order valence-electron chi connectivity index (χ2n) is 2.26. The second kappa shape index (κ2) is 3.20. The minimum absolute atomic E-state index is 0.116. The molecule has 1 aliphatic carbocycles. The molecule has 1 atom stereocenters. The maximum Gasteiger partial charge on any atom is 0.416 e. The number of allylic oxidation sites excluding steroid dienone is 4. The van der Waals surface area contributed by atoms with Crippen LogP contribution in [-0.4, -0.2) is 12.3 Å². The molecule has 0 aromatic rings. The Hall–Kier alpha value is -0.320. The summed E-state index contributed by atoms with van der Waals surface area (Å²) < 4.78 is 48.5. The predicted octanol–water partition coefficient (Wildman–Crippen LogP) is 3.31. The summed E-state index contributed by atoms with van der Waals surface area (Å²) in [7, 11) is 0. The summed E-state index contributed by atoms with van der Waals surface area (Å²) in [5, 5.41) is 0. The van der Waals surface area contributed by atoms with E-state index in [9.17, 15) is 17.6 Å². The van der Waals surface area contributed by atoms with Gasteiger partial charge in [-0.3, -0.25) is 0 Å². The molecule has 12 heavy (non-hydrogen) atoms. The van der Waals surface area contributed by atoms with Gasteiger partial charge in [0, 0.05) is 10.9 Å². The van der Waals surface area contributed by atoms with Gasteiger partial charge in [0.05, 0.1) is 5.57 Å². The van der Waals surface area contributed by atoms with Crippen molar-refractivity contribution in [2.75, 3.05) is 0 Å². The molecule has 0 heterocycles. The van der Waals surface area contributed by atoms with E-state index in [4.69, 9.17) is 0 Å². The van der Waals surface area contributed by atoms with E-state index in [1.807, 2.05) is 0 Å². The smallest absolute Gasteiger partial charge is 0.242 e. The molecule has 1 unspecified atom stereocenters. The van der Waals surface area contributed by atoms with E-state index >= 15 is 0 Å². The van der Waals surface area contributed by atoms with Gasteiger partial charge in [-0.2, -0.15) is 13.2 Å². The van der Waals surface area contributed by atoms with Crippen LogP contribution in [-0.2, 0) is 0 Å². The first kappa shape index (κ1) is 9.77. The van der Waals surface area contributed by atoms with Crippen molar-refractivity contribution in [3.05, 3.63) is 28.6 Å². The molecule has 1 radical (unpaired) electrons. The fraction of sp³-hybridized carbons (Fsp3) is 0.286. The van der Waals surface area contributed by atoms with Crippen LogP contribution in [0.4, 0.5) is 17.6 Å². The van der Waals surface area contributed by atoms with Crippen molar-refractivity contribution >= 4 is 15.9 Å². The van der Waals surface area contributed by atoms with Crippen molar-refractivity contribution < 1.29 is 17.6 Å². The first-order valence-electron chi connectivity index (χ1n) is 3.05. The van der Waals surface area contributed by atoms with Gasteiger partial charge in [-0.25, -0.2) is 4.39 Å². The minimum atomic E-state index is -4.47. The summed E-state index contributed by atoms with van der Waals surface area (Å²) in [4.78, 5) is 0. The predicted molar refractivity (Wildman–Crippen MR) is 40.3 cm³/mol. The third kappa shape index (κ3) is 2.33. The molecule has 0 spiro atoms. The lowest BCUT2D eigenvalue weighted by molar-refractivity contribution is -0.0888. The molecule has 0 aliphatic heterocycles. The molecule has 67 valence electrons. The first-order chi connectivity index (χ1) is 5.39. The Kier molecular flexibility index (Phi) is 2.61. The van der Waals surface area contributed by atoms with Gasteiger partial charge < -0.3 is 0 Å². The molecule has 0 N–H and O–H groups in total. The molecule has 0 aromatic carbocycles. The van der Waals surface area contributed by atoms with Crippen LogP contribution in [0.5, 0.6) is 0 Å². The van der Waals surface area contributed by atoms with E-state index in [-0.39, 0.29) is 4.48 Å². The number of alkyl halides is 4. The highest BCUT2D eigenvalue weighted by atomic mass is 79.9. The fourth-order valence-electron chi connectivity index (χ4n) is 0.793. The Morgan fingerprint density at radius 3 is 2.33 bits per heavy atom. The normalized spacial score (nSPS) is 24.9. The van der Waals surface area contributed by atoms with Crippen LogP contribution in [0.3, 0.4) is 0 Å². The quantitative estimate of drug-likeness (QED) is 0.573. The Morgan fingerprint density at radius 1 is 1.33 bits per heavy atom. The van der Waals surface area contributed by atoms with E-state index in [1.165, 1.54) is 0 Å². The van der Waals surface area contributed by atoms with Crippen molar-refractivity contribution in [3.8, 4) is 0 Å². The monoisotopic (exact) mass is 243 g/mol. The van der Waals surface area contributed by atoms with Gasteiger partial charge in [-0.05, 0) is 12.2 Å². The maximum absolute atomic E-state index is 12.5. The highest BCUT2D eigenvalue weighted by molar-refractivity contribution is 9.11. The van der Waals surface area contributed by atoms with E-state index in [0.29, 0.717) is 6.08 Å². The van der Waals surface area contributed by atoms with E-state index in [1.54, 1.807) is 0 Å². The van der Waals surface area contributed by atoms with Crippen LogP contribution in [0.25, 0.3) is 0 Å². The Bertz CT molecular complexity index is 238. The van der Waals surface area contributed by atoms with Gasteiger partial charge in [-0.1, -0.05) is 15.9 Å². The number of hydrogen-bond donors (Lipinski definition) is 0. The molecule has 0 amide bonds. The average molecular weight is 244 g/mol. The Labute approximate surface area is 75.1 Å². The van der Waals surface area contributed by atoms with Crippen molar-refractivity contribution in [2.45, 2.75) is 12.3 Å². The van der Waals surface area contributed by atoms with Gasteiger partial charge >= 0.3 is 6.18 Å². The van der Waals surface area contributed by atoms with Crippen LogP contribution >= 0.6 is 15.9 Å². The number of rotatable bonds is 0. The van der Waals surface area contributed by atoms with Crippen LogP contribution in [0.2, 0.25) is 0 Å². The summed E-state index contributed by atoms with van der Waals surface area (Å²) in [6, 6.07) is 0. The average Bonchev–Trinajstić information content (AvgIpc) is 1.82. The van der Waals surface area contributed by atoms with Gasteiger partial charge in [0.15, 0.2) is 0 Å². The molecule has 0 bridgehead atoms. The van der Waals surface area contributed by atoms with Crippen molar-refractivity contribution in [3.63, 3.8) is 0 Å². The topological polar surface area (TPSA) is 0 Å². The van der Waals surface area contributed by atoms with Crippen molar-refractivity contribution in [2.24, 2.45) is 0 Å². The number of halogens is 5. The Balaban J connectivity index is 2.91. The second-order valence-corrected chi connectivity index (χ2v) is 3.18. The zero-order valence-electron chi connectivity index (χ0n) is 5.70. The van der Waals surface area contributed by atoms with E-state index in [0.717, 1.165) is 12.5 Å². The molecule has 5 heteroatoms. The molecule has 0 fully saturated rings. The van der Waals surface area contributed by atoms with Gasteiger partial charge in [0.25, 0.3) is 0 Å². The lowest BCUT2D eigenvalue weighted by Gasteiger charge is -2.14. The lowest BCUT2D eigenvalue weighted by Crippen LogP contribution is -2.15. The molecule has 0 saturated carbocycles. The third-order valence-corrected chi connectivity index (χ3v) is 1.77. The zero-order valence-corrected chi connectivity index (χ0v) is 7.29. The zero-order chi connectivity index (χ0) is 9.35. The minimum Gasteiger partial charge on any atom is -0.242 e. The molecule has 0 saturated heterocycles.